The van der Waals surface area contributed by atoms with Crippen molar-refractivity contribution in [1.82, 2.24) is 5.01 Å². The molecule has 2 fully saturated rings. The lowest BCUT2D eigenvalue weighted by molar-refractivity contribution is -0.136. The first-order valence-corrected chi connectivity index (χ1v) is 4.62. The fourth-order valence-electron chi connectivity index (χ4n) is 2.82. The molecule has 1 aliphatic carbocycles. The van der Waals surface area contributed by atoms with Crippen LogP contribution in [0, 0.1) is 16.2 Å². The Morgan fingerprint density at radius 3 is 2.38 bits per heavy atom. The van der Waals surface area contributed by atoms with Crippen LogP contribution in [0.1, 0.15) is 33.6 Å². The molecule has 2 atom stereocenters. The van der Waals surface area contributed by atoms with E-state index in [1.165, 1.54) is 0 Å². The number of nitrogens with zero attached hydrogens (tertiary/aromatic N) is 2. The molecule has 0 aromatic rings. The van der Waals surface area contributed by atoms with Crippen LogP contribution in [-0.2, 0) is 4.79 Å². The van der Waals surface area contributed by atoms with Gasteiger partial charge in [-0.25, -0.2) is 0 Å². The summed E-state index contributed by atoms with van der Waals surface area (Å²) in [4.78, 5) is 22.2. The van der Waals surface area contributed by atoms with Gasteiger partial charge in [-0.15, -0.1) is 4.91 Å². The highest BCUT2D eigenvalue weighted by Gasteiger charge is 2.66. The van der Waals surface area contributed by atoms with Gasteiger partial charge < -0.3 is 0 Å². The molecule has 13 heavy (non-hydrogen) atoms. The number of carbonyl (C=O) groups is 1. The molecule has 1 amide bonds. The standard InChI is InChI=1S/C9H14N2O2/c1-8(2)6-4-5-9(8,3)11(10-13)7(6)12/h6H,4-5H2,1-3H3/t6-,9-/m1/s1. The van der Waals surface area contributed by atoms with Gasteiger partial charge in [0.05, 0.1) is 10.8 Å². The molecule has 2 rings (SSSR count). The first-order chi connectivity index (χ1) is 5.95. The van der Waals surface area contributed by atoms with E-state index in [1.54, 1.807) is 0 Å². The summed E-state index contributed by atoms with van der Waals surface area (Å²) in [5, 5.41) is 4.01. The van der Waals surface area contributed by atoms with E-state index in [9.17, 15) is 9.70 Å². The van der Waals surface area contributed by atoms with Gasteiger partial charge in [0.25, 0.3) is 0 Å². The zero-order valence-corrected chi connectivity index (χ0v) is 8.20. The molecule has 0 aromatic carbocycles. The number of nitroso groups, excluding NO2 is 1. The molecule has 0 unspecified atom stereocenters. The molecular formula is C9H14N2O2. The number of rotatable bonds is 1. The van der Waals surface area contributed by atoms with Gasteiger partial charge >= 0.3 is 0 Å². The highest BCUT2D eigenvalue weighted by molar-refractivity contribution is 5.84. The van der Waals surface area contributed by atoms with Gasteiger partial charge in [0, 0.05) is 11.3 Å². The van der Waals surface area contributed by atoms with Crippen LogP contribution in [-0.4, -0.2) is 16.5 Å². The average molecular weight is 182 g/mol. The second-order valence-corrected chi connectivity index (χ2v) is 4.82. The quantitative estimate of drug-likeness (QED) is 0.579. The summed E-state index contributed by atoms with van der Waals surface area (Å²) in [6.07, 6.45) is 1.79. The molecule has 1 aliphatic heterocycles. The molecule has 0 spiro atoms. The fraction of sp³-hybridized carbons (Fsp3) is 0.889. The van der Waals surface area contributed by atoms with Crippen molar-refractivity contribution in [2.75, 3.05) is 0 Å². The molecule has 4 nitrogen and oxygen atoms in total. The molecule has 0 N–H and O–H groups in total. The summed E-state index contributed by atoms with van der Waals surface area (Å²) >= 11 is 0. The van der Waals surface area contributed by atoms with Gasteiger partial charge in [-0.3, -0.25) is 4.79 Å². The maximum atomic E-state index is 11.7. The number of fused-ring (bicyclic) bond motifs is 2. The minimum absolute atomic E-state index is 0.00444. The lowest BCUT2D eigenvalue weighted by atomic mass is 9.75. The van der Waals surface area contributed by atoms with E-state index in [0.29, 0.717) is 0 Å². The molecule has 2 bridgehead atoms. The highest BCUT2D eigenvalue weighted by atomic mass is 16.3. The minimum Gasteiger partial charge on any atom is -0.272 e. The van der Waals surface area contributed by atoms with Crippen molar-refractivity contribution in [3.8, 4) is 0 Å². The molecule has 72 valence electrons. The maximum Gasteiger partial charge on any atom is 0.249 e. The van der Waals surface area contributed by atoms with Crippen LogP contribution >= 0.6 is 0 Å². The van der Waals surface area contributed by atoms with Crippen molar-refractivity contribution in [2.45, 2.75) is 39.2 Å². The van der Waals surface area contributed by atoms with Crippen LogP contribution in [0.4, 0.5) is 0 Å². The van der Waals surface area contributed by atoms with Crippen LogP contribution < -0.4 is 0 Å². The van der Waals surface area contributed by atoms with E-state index in [2.05, 4.69) is 5.29 Å². The SMILES string of the molecule is CC1(C)[C@@H]2CC[C@@]1(C)N(N=O)C2=O. The van der Waals surface area contributed by atoms with E-state index in [1.807, 2.05) is 20.8 Å². The van der Waals surface area contributed by atoms with Crippen LogP contribution in [0.25, 0.3) is 0 Å². The summed E-state index contributed by atoms with van der Waals surface area (Å²) < 4.78 is 0. The van der Waals surface area contributed by atoms with Crippen molar-refractivity contribution >= 4 is 5.91 Å². The first kappa shape index (κ1) is 8.66. The Balaban J connectivity index is 2.51. The number of amides is 1. The Kier molecular flexibility index (Phi) is 1.40. The molecular weight excluding hydrogens is 168 g/mol. The smallest absolute Gasteiger partial charge is 0.249 e. The Labute approximate surface area is 77.2 Å². The van der Waals surface area contributed by atoms with Crippen molar-refractivity contribution in [2.24, 2.45) is 16.6 Å². The van der Waals surface area contributed by atoms with Gasteiger partial charge in [0.2, 0.25) is 5.91 Å². The Hall–Kier alpha value is -0.930. The zero-order valence-electron chi connectivity index (χ0n) is 8.20. The van der Waals surface area contributed by atoms with Gasteiger partial charge in [-0.1, -0.05) is 13.8 Å². The third-order valence-electron chi connectivity index (χ3n) is 4.24. The third-order valence-corrected chi connectivity index (χ3v) is 4.24. The normalized spacial score (nSPS) is 41.3. The molecule has 1 saturated heterocycles. The molecule has 1 heterocycles. The third kappa shape index (κ3) is 0.700. The number of hydrogen-bond donors (Lipinski definition) is 0. The van der Waals surface area contributed by atoms with Gasteiger partial charge in [-0.2, -0.15) is 5.01 Å². The molecule has 1 saturated carbocycles. The number of carbonyl (C=O) groups excluding carboxylic acids is 1. The highest BCUT2D eigenvalue weighted by Crippen LogP contribution is 2.59. The number of hydrogen-bond acceptors (Lipinski definition) is 3. The fourth-order valence-corrected chi connectivity index (χ4v) is 2.82. The van der Waals surface area contributed by atoms with Gasteiger partial charge in [-0.05, 0) is 19.8 Å². The number of piperidine rings is 1. The lowest BCUT2D eigenvalue weighted by Gasteiger charge is -2.35. The monoisotopic (exact) mass is 182 g/mol. The predicted molar refractivity (Wildman–Crippen MR) is 47.6 cm³/mol. The van der Waals surface area contributed by atoms with E-state index in [-0.39, 0.29) is 22.8 Å². The summed E-state index contributed by atoms with van der Waals surface area (Å²) in [7, 11) is 0. The largest absolute Gasteiger partial charge is 0.272 e. The van der Waals surface area contributed by atoms with Crippen LogP contribution in [0.3, 0.4) is 0 Å². The van der Waals surface area contributed by atoms with Gasteiger partial charge in [0.15, 0.2) is 0 Å². The molecule has 4 heteroatoms. The van der Waals surface area contributed by atoms with Gasteiger partial charge in [0.1, 0.15) is 0 Å². The average Bonchev–Trinajstić information content (AvgIpc) is 2.32. The summed E-state index contributed by atoms with van der Waals surface area (Å²) in [5.74, 6) is -0.0936. The second kappa shape index (κ2) is 2.11. The molecule has 0 radical (unpaired) electrons. The maximum absolute atomic E-state index is 11.7. The molecule has 0 aromatic heterocycles. The Morgan fingerprint density at radius 1 is 1.46 bits per heavy atom. The van der Waals surface area contributed by atoms with Crippen LogP contribution in [0.2, 0.25) is 0 Å². The summed E-state index contributed by atoms with van der Waals surface area (Å²) in [5.41, 5.74) is -0.464. The van der Waals surface area contributed by atoms with Crippen LogP contribution in [0.15, 0.2) is 5.29 Å². The van der Waals surface area contributed by atoms with Crippen molar-refractivity contribution < 1.29 is 4.79 Å². The first-order valence-electron chi connectivity index (χ1n) is 4.62. The Bertz CT molecular complexity index is 287. The minimum atomic E-state index is -0.351. The molecule has 2 aliphatic rings. The predicted octanol–water partition coefficient (Wildman–Crippen LogP) is 1.70. The Morgan fingerprint density at radius 2 is 2.08 bits per heavy atom. The second-order valence-electron chi connectivity index (χ2n) is 4.82. The van der Waals surface area contributed by atoms with E-state index >= 15 is 0 Å². The topological polar surface area (TPSA) is 49.7 Å². The van der Waals surface area contributed by atoms with E-state index in [4.69, 9.17) is 0 Å². The van der Waals surface area contributed by atoms with Crippen molar-refractivity contribution in [3.63, 3.8) is 0 Å². The van der Waals surface area contributed by atoms with Crippen molar-refractivity contribution in [3.05, 3.63) is 4.91 Å². The summed E-state index contributed by atoms with van der Waals surface area (Å²) in [6.45, 7) is 6.06. The van der Waals surface area contributed by atoms with E-state index < -0.39 is 0 Å². The summed E-state index contributed by atoms with van der Waals surface area (Å²) in [6, 6.07) is 0. The van der Waals surface area contributed by atoms with E-state index in [0.717, 1.165) is 17.9 Å². The lowest BCUT2D eigenvalue weighted by Crippen LogP contribution is -2.45. The zero-order chi connectivity index (χ0) is 9.85. The van der Waals surface area contributed by atoms with Crippen molar-refractivity contribution in [1.29, 1.82) is 0 Å². The van der Waals surface area contributed by atoms with Crippen LogP contribution in [0.5, 0.6) is 0 Å².